The smallest absolute Gasteiger partial charge is 0.230 e. The Bertz CT molecular complexity index is 460. The second-order valence-electron chi connectivity index (χ2n) is 5.44. The first-order chi connectivity index (χ1) is 9.54. The Labute approximate surface area is 124 Å². The molecule has 0 bridgehead atoms. The summed E-state index contributed by atoms with van der Waals surface area (Å²) in [5.41, 5.74) is 6.49. The molecule has 1 aliphatic carbocycles. The van der Waals surface area contributed by atoms with Crippen LogP contribution in [0.1, 0.15) is 38.3 Å². The van der Waals surface area contributed by atoms with Crippen molar-refractivity contribution in [2.24, 2.45) is 5.92 Å². The van der Waals surface area contributed by atoms with Crippen molar-refractivity contribution in [1.29, 1.82) is 0 Å². The molecule has 1 aromatic heterocycles. The van der Waals surface area contributed by atoms with E-state index in [2.05, 4.69) is 22.2 Å². The van der Waals surface area contributed by atoms with Gasteiger partial charge in [0.25, 0.3) is 0 Å². The topological polar surface area (TPSA) is 80.9 Å². The van der Waals surface area contributed by atoms with Crippen molar-refractivity contribution in [3.8, 4) is 0 Å². The Balaban J connectivity index is 1.82. The molecular formula is C14H22N4OS. The van der Waals surface area contributed by atoms with Crippen LogP contribution in [0.4, 0.5) is 5.82 Å². The number of amides is 1. The molecule has 1 fully saturated rings. The number of hydrogen-bond donors (Lipinski definition) is 2. The molecule has 6 heteroatoms. The van der Waals surface area contributed by atoms with Crippen molar-refractivity contribution in [3.05, 3.63) is 11.8 Å². The minimum absolute atomic E-state index is 0.0532. The van der Waals surface area contributed by atoms with Crippen LogP contribution in [0, 0.1) is 12.8 Å². The molecule has 1 heterocycles. The fourth-order valence-electron chi connectivity index (χ4n) is 2.54. The van der Waals surface area contributed by atoms with Gasteiger partial charge >= 0.3 is 0 Å². The van der Waals surface area contributed by atoms with Gasteiger partial charge in [-0.2, -0.15) is 0 Å². The van der Waals surface area contributed by atoms with E-state index in [1.807, 2.05) is 6.92 Å². The van der Waals surface area contributed by atoms with Crippen LogP contribution in [0.2, 0.25) is 0 Å². The van der Waals surface area contributed by atoms with Gasteiger partial charge in [-0.1, -0.05) is 31.5 Å². The van der Waals surface area contributed by atoms with E-state index < -0.39 is 0 Å². The monoisotopic (exact) mass is 294 g/mol. The number of carbonyl (C=O) groups excluding carboxylic acids is 1. The lowest BCUT2D eigenvalue weighted by Crippen LogP contribution is -2.41. The second-order valence-corrected chi connectivity index (χ2v) is 6.38. The Morgan fingerprint density at radius 3 is 2.90 bits per heavy atom. The summed E-state index contributed by atoms with van der Waals surface area (Å²) >= 11 is 1.33. The standard InChI is InChI=1S/C14H22N4OS/c1-9-5-3-4-6-11(9)17-13(19)8-20-14-16-10(2)7-12(15)18-14/h7,9,11H,3-6,8H2,1-2H3,(H,17,19)(H2,15,16,18)/t9-,11-/m1/s1. The van der Waals surface area contributed by atoms with E-state index in [4.69, 9.17) is 5.73 Å². The predicted octanol–water partition coefficient (Wildman–Crippen LogP) is 2.15. The maximum absolute atomic E-state index is 12.0. The van der Waals surface area contributed by atoms with Crippen molar-refractivity contribution in [1.82, 2.24) is 15.3 Å². The van der Waals surface area contributed by atoms with Gasteiger partial charge in [0.05, 0.1) is 5.75 Å². The summed E-state index contributed by atoms with van der Waals surface area (Å²) in [6.07, 6.45) is 4.78. The Morgan fingerprint density at radius 2 is 2.20 bits per heavy atom. The van der Waals surface area contributed by atoms with Gasteiger partial charge in [0.15, 0.2) is 5.16 Å². The zero-order valence-electron chi connectivity index (χ0n) is 12.1. The molecule has 0 aliphatic heterocycles. The number of hydrogen-bond acceptors (Lipinski definition) is 5. The SMILES string of the molecule is Cc1cc(N)nc(SCC(=O)N[C@@H]2CCCC[C@H]2C)n1. The van der Waals surface area contributed by atoms with Crippen LogP contribution in [0.25, 0.3) is 0 Å². The highest BCUT2D eigenvalue weighted by atomic mass is 32.2. The predicted molar refractivity (Wildman–Crippen MR) is 81.5 cm³/mol. The molecule has 1 saturated carbocycles. The van der Waals surface area contributed by atoms with Crippen LogP contribution >= 0.6 is 11.8 Å². The minimum atomic E-state index is 0.0532. The third-order valence-corrected chi connectivity index (χ3v) is 4.49. The van der Waals surface area contributed by atoms with Crippen molar-refractivity contribution in [2.45, 2.75) is 50.7 Å². The molecule has 3 N–H and O–H groups in total. The van der Waals surface area contributed by atoms with Crippen LogP contribution in [0.3, 0.4) is 0 Å². The van der Waals surface area contributed by atoms with Crippen molar-refractivity contribution >= 4 is 23.5 Å². The third-order valence-electron chi connectivity index (χ3n) is 3.64. The van der Waals surface area contributed by atoms with Gasteiger partial charge in [-0.25, -0.2) is 9.97 Å². The second kappa shape index (κ2) is 6.92. The van der Waals surface area contributed by atoms with E-state index >= 15 is 0 Å². The highest BCUT2D eigenvalue weighted by molar-refractivity contribution is 7.99. The summed E-state index contributed by atoms with van der Waals surface area (Å²) in [6.45, 7) is 4.08. The largest absolute Gasteiger partial charge is 0.384 e. The van der Waals surface area contributed by atoms with E-state index in [1.165, 1.54) is 31.0 Å². The van der Waals surface area contributed by atoms with Gasteiger partial charge in [0.1, 0.15) is 5.82 Å². The van der Waals surface area contributed by atoms with Crippen LogP contribution < -0.4 is 11.1 Å². The quantitative estimate of drug-likeness (QED) is 0.657. The third kappa shape index (κ3) is 4.37. The van der Waals surface area contributed by atoms with E-state index in [0.717, 1.165) is 12.1 Å². The number of anilines is 1. The molecule has 0 saturated heterocycles. The zero-order chi connectivity index (χ0) is 14.5. The number of carbonyl (C=O) groups is 1. The van der Waals surface area contributed by atoms with E-state index in [-0.39, 0.29) is 5.91 Å². The molecule has 1 aliphatic rings. The first-order valence-corrected chi connectivity index (χ1v) is 8.06. The lowest BCUT2D eigenvalue weighted by Gasteiger charge is -2.29. The Hall–Kier alpha value is -1.30. The summed E-state index contributed by atoms with van der Waals surface area (Å²) in [4.78, 5) is 20.4. The van der Waals surface area contributed by atoms with Gasteiger partial charge in [0.2, 0.25) is 5.91 Å². The highest BCUT2D eigenvalue weighted by Gasteiger charge is 2.22. The molecule has 2 atom stereocenters. The summed E-state index contributed by atoms with van der Waals surface area (Å²) in [5.74, 6) is 1.41. The number of aromatic nitrogens is 2. The fourth-order valence-corrected chi connectivity index (χ4v) is 3.26. The molecule has 0 unspecified atom stereocenters. The molecule has 1 amide bonds. The van der Waals surface area contributed by atoms with E-state index in [1.54, 1.807) is 6.07 Å². The van der Waals surface area contributed by atoms with Crippen molar-refractivity contribution < 1.29 is 4.79 Å². The molecule has 0 aromatic carbocycles. The van der Waals surface area contributed by atoms with Crippen molar-refractivity contribution in [2.75, 3.05) is 11.5 Å². The van der Waals surface area contributed by atoms with Gasteiger partial charge < -0.3 is 11.1 Å². The van der Waals surface area contributed by atoms with Crippen LogP contribution in [0.5, 0.6) is 0 Å². The van der Waals surface area contributed by atoms with Gasteiger partial charge in [-0.05, 0) is 25.7 Å². The van der Waals surface area contributed by atoms with Gasteiger partial charge in [-0.3, -0.25) is 4.79 Å². The summed E-state index contributed by atoms with van der Waals surface area (Å²) in [6, 6.07) is 2.04. The summed E-state index contributed by atoms with van der Waals surface area (Å²) in [5, 5.41) is 3.69. The maximum atomic E-state index is 12.0. The number of nitrogens with zero attached hydrogens (tertiary/aromatic N) is 2. The molecule has 20 heavy (non-hydrogen) atoms. The maximum Gasteiger partial charge on any atom is 0.230 e. The first kappa shape index (κ1) is 15.1. The molecule has 110 valence electrons. The molecule has 2 rings (SSSR count). The molecule has 0 spiro atoms. The molecule has 1 aromatic rings. The lowest BCUT2D eigenvalue weighted by molar-refractivity contribution is -0.119. The number of thioether (sulfide) groups is 1. The summed E-state index contributed by atoms with van der Waals surface area (Å²) < 4.78 is 0. The van der Waals surface area contributed by atoms with Crippen LogP contribution in [-0.4, -0.2) is 27.7 Å². The lowest BCUT2D eigenvalue weighted by atomic mass is 9.86. The number of aryl methyl sites for hydroxylation is 1. The average Bonchev–Trinajstić information content (AvgIpc) is 2.38. The minimum Gasteiger partial charge on any atom is -0.384 e. The number of nitrogens with two attached hydrogens (primary N) is 1. The van der Waals surface area contributed by atoms with Crippen LogP contribution in [-0.2, 0) is 4.79 Å². The number of rotatable bonds is 4. The van der Waals surface area contributed by atoms with Crippen molar-refractivity contribution in [3.63, 3.8) is 0 Å². The van der Waals surface area contributed by atoms with Crippen LogP contribution in [0.15, 0.2) is 11.2 Å². The Kier molecular flexibility index (Phi) is 5.23. The first-order valence-electron chi connectivity index (χ1n) is 7.08. The number of nitrogen functional groups attached to an aromatic ring is 1. The van der Waals surface area contributed by atoms with Gasteiger partial charge in [-0.15, -0.1) is 0 Å². The summed E-state index contributed by atoms with van der Waals surface area (Å²) in [7, 11) is 0. The normalized spacial score (nSPS) is 22.5. The fraction of sp³-hybridized carbons (Fsp3) is 0.643. The molecular weight excluding hydrogens is 272 g/mol. The molecule has 0 radical (unpaired) electrons. The van der Waals surface area contributed by atoms with Gasteiger partial charge in [0, 0.05) is 17.8 Å². The number of nitrogens with one attached hydrogen (secondary N) is 1. The van der Waals surface area contributed by atoms with E-state index in [0.29, 0.717) is 28.7 Å². The molecule has 5 nitrogen and oxygen atoms in total. The average molecular weight is 294 g/mol. The van der Waals surface area contributed by atoms with E-state index in [9.17, 15) is 4.79 Å². The highest BCUT2D eigenvalue weighted by Crippen LogP contribution is 2.24. The zero-order valence-corrected chi connectivity index (χ0v) is 12.9. The Morgan fingerprint density at radius 1 is 1.45 bits per heavy atom.